The maximum Gasteiger partial charge on any atom is 0.162 e. The molecule has 0 unspecified atom stereocenters. The number of hydrogen-bond acceptors (Lipinski definition) is 2. The molecule has 68 valence electrons. The minimum absolute atomic E-state index is 0.205. The van der Waals surface area contributed by atoms with Gasteiger partial charge in [0, 0.05) is 0 Å². The molecule has 14 heavy (non-hydrogen) atoms. The normalized spacial score (nSPS) is 11.1. The lowest BCUT2D eigenvalue weighted by Gasteiger charge is -1.97. The molecule has 0 atom stereocenters. The van der Waals surface area contributed by atoms with Crippen molar-refractivity contribution in [3.63, 3.8) is 0 Å². The van der Waals surface area contributed by atoms with Crippen LogP contribution in [0.2, 0.25) is 0 Å². The minimum Gasteiger partial charge on any atom is -0.504 e. The zero-order valence-corrected chi connectivity index (χ0v) is 7.40. The molecule has 3 aromatic rings. The molecular weight excluding hydrogens is 176 g/mol. The third-order valence-electron chi connectivity index (χ3n) is 2.44. The predicted molar refractivity (Wildman–Crippen MR) is 55.4 cm³/mol. The number of hydrogen-bond donors (Lipinski definition) is 1. The minimum atomic E-state index is 0.205. The van der Waals surface area contributed by atoms with Crippen molar-refractivity contribution in [1.29, 1.82) is 0 Å². The van der Waals surface area contributed by atoms with Crippen molar-refractivity contribution in [3.05, 3.63) is 42.7 Å². The standard InChI is InChI=1S/C12H8O2/c13-10-7-14-11-6-5-8-3-1-2-4-9(8)12(10)11/h1-7,13H. The summed E-state index contributed by atoms with van der Waals surface area (Å²) in [6.07, 6.45) is 1.37. The smallest absolute Gasteiger partial charge is 0.162 e. The molecule has 0 radical (unpaired) electrons. The molecule has 0 saturated carbocycles. The number of furan rings is 1. The summed E-state index contributed by atoms with van der Waals surface area (Å²) in [7, 11) is 0. The molecule has 1 heterocycles. The molecule has 1 aromatic heterocycles. The quantitative estimate of drug-likeness (QED) is 0.581. The van der Waals surface area contributed by atoms with Gasteiger partial charge in [-0.1, -0.05) is 30.3 Å². The van der Waals surface area contributed by atoms with Gasteiger partial charge in [0.25, 0.3) is 0 Å². The van der Waals surface area contributed by atoms with Crippen molar-refractivity contribution in [2.75, 3.05) is 0 Å². The zero-order valence-electron chi connectivity index (χ0n) is 7.40. The molecule has 2 aromatic carbocycles. The van der Waals surface area contributed by atoms with Crippen LogP contribution in [-0.2, 0) is 0 Å². The van der Waals surface area contributed by atoms with Gasteiger partial charge in [-0.2, -0.15) is 0 Å². The van der Waals surface area contributed by atoms with Crippen LogP contribution >= 0.6 is 0 Å². The van der Waals surface area contributed by atoms with Crippen LogP contribution in [0.5, 0.6) is 5.75 Å². The van der Waals surface area contributed by atoms with Gasteiger partial charge in [-0.15, -0.1) is 0 Å². The molecule has 0 fully saturated rings. The lowest BCUT2D eigenvalue weighted by molar-refractivity contribution is 0.464. The summed E-state index contributed by atoms with van der Waals surface area (Å²) in [6, 6.07) is 11.8. The van der Waals surface area contributed by atoms with E-state index in [0.717, 1.165) is 21.7 Å². The van der Waals surface area contributed by atoms with Gasteiger partial charge >= 0.3 is 0 Å². The maximum absolute atomic E-state index is 9.62. The average Bonchev–Trinajstić information content (AvgIpc) is 2.61. The van der Waals surface area contributed by atoms with E-state index in [2.05, 4.69) is 0 Å². The molecule has 0 spiro atoms. The Morgan fingerprint density at radius 1 is 1.00 bits per heavy atom. The van der Waals surface area contributed by atoms with Crippen molar-refractivity contribution < 1.29 is 9.52 Å². The monoisotopic (exact) mass is 184 g/mol. The van der Waals surface area contributed by atoms with E-state index >= 15 is 0 Å². The fraction of sp³-hybridized carbons (Fsp3) is 0. The Morgan fingerprint density at radius 3 is 2.79 bits per heavy atom. The van der Waals surface area contributed by atoms with Crippen molar-refractivity contribution in [1.82, 2.24) is 0 Å². The van der Waals surface area contributed by atoms with Gasteiger partial charge in [0.1, 0.15) is 11.8 Å². The van der Waals surface area contributed by atoms with Crippen molar-refractivity contribution >= 4 is 21.7 Å². The summed E-state index contributed by atoms with van der Waals surface area (Å²) >= 11 is 0. The van der Waals surface area contributed by atoms with Crippen LogP contribution in [0.1, 0.15) is 0 Å². The fourth-order valence-electron chi connectivity index (χ4n) is 1.79. The third-order valence-corrected chi connectivity index (χ3v) is 2.44. The van der Waals surface area contributed by atoms with E-state index in [9.17, 15) is 5.11 Å². The van der Waals surface area contributed by atoms with E-state index in [4.69, 9.17) is 4.42 Å². The van der Waals surface area contributed by atoms with E-state index in [-0.39, 0.29) is 5.75 Å². The summed E-state index contributed by atoms with van der Waals surface area (Å²) in [5, 5.41) is 12.5. The lowest BCUT2D eigenvalue weighted by atomic mass is 10.1. The summed E-state index contributed by atoms with van der Waals surface area (Å²) in [5.74, 6) is 0.205. The van der Waals surface area contributed by atoms with Crippen LogP contribution in [0.4, 0.5) is 0 Å². The Bertz CT molecular complexity index is 608. The number of fused-ring (bicyclic) bond motifs is 3. The molecule has 0 aliphatic heterocycles. The number of aromatic hydroxyl groups is 1. The van der Waals surface area contributed by atoms with E-state index < -0.39 is 0 Å². The topological polar surface area (TPSA) is 33.4 Å². The Morgan fingerprint density at radius 2 is 1.86 bits per heavy atom. The Balaban J connectivity index is 2.65. The van der Waals surface area contributed by atoms with Gasteiger partial charge in [0.2, 0.25) is 0 Å². The van der Waals surface area contributed by atoms with E-state index in [1.54, 1.807) is 0 Å². The molecule has 2 heteroatoms. The summed E-state index contributed by atoms with van der Waals surface area (Å²) < 4.78 is 5.21. The second-order valence-electron chi connectivity index (χ2n) is 3.28. The predicted octanol–water partition coefficient (Wildman–Crippen LogP) is 3.29. The molecule has 2 nitrogen and oxygen atoms in total. The summed E-state index contributed by atoms with van der Waals surface area (Å²) in [5.41, 5.74) is 0.723. The number of rotatable bonds is 0. The molecule has 0 amide bonds. The van der Waals surface area contributed by atoms with E-state index in [1.807, 2.05) is 36.4 Å². The van der Waals surface area contributed by atoms with E-state index in [0.29, 0.717) is 0 Å². The van der Waals surface area contributed by atoms with Gasteiger partial charge in [0.15, 0.2) is 5.75 Å². The van der Waals surface area contributed by atoms with Crippen molar-refractivity contribution in [3.8, 4) is 5.75 Å². The molecule has 0 aliphatic carbocycles. The number of benzene rings is 2. The van der Waals surface area contributed by atoms with Gasteiger partial charge in [-0.3, -0.25) is 0 Å². The largest absolute Gasteiger partial charge is 0.504 e. The van der Waals surface area contributed by atoms with Crippen LogP contribution < -0.4 is 0 Å². The van der Waals surface area contributed by atoms with Crippen LogP contribution in [0.15, 0.2) is 47.1 Å². The van der Waals surface area contributed by atoms with Crippen LogP contribution in [0.3, 0.4) is 0 Å². The highest BCUT2D eigenvalue weighted by molar-refractivity contribution is 6.08. The van der Waals surface area contributed by atoms with Gasteiger partial charge in [-0.05, 0) is 16.8 Å². The first-order valence-corrected chi connectivity index (χ1v) is 4.44. The highest BCUT2D eigenvalue weighted by Gasteiger charge is 2.07. The Labute approximate surface area is 80.4 Å². The Hall–Kier alpha value is -1.96. The highest BCUT2D eigenvalue weighted by atomic mass is 16.4. The molecule has 3 rings (SSSR count). The first-order chi connectivity index (χ1) is 6.86. The Kier molecular flexibility index (Phi) is 1.34. The van der Waals surface area contributed by atoms with Crippen molar-refractivity contribution in [2.24, 2.45) is 0 Å². The van der Waals surface area contributed by atoms with Gasteiger partial charge in [-0.25, -0.2) is 0 Å². The van der Waals surface area contributed by atoms with Crippen molar-refractivity contribution in [2.45, 2.75) is 0 Å². The lowest BCUT2D eigenvalue weighted by Crippen LogP contribution is -1.72. The molecule has 0 saturated heterocycles. The van der Waals surface area contributed by atoms with Crippen LogP contribution in [0, 0.1) is 0 Å². The highest BCUT2D eigenvalue weighted by Crippen LogP contribution is 2.33. The first-order valence-electron chi connectivity index (χ1n) is 4.44. The molecule has 1 N–H and O–H groups in total. The molecule has 0 aliphatic rings. The SMILES string of the molecule is Oc1coc2ccc3ccccc3c12. The van der Waals surface area contributed by atoms with Crippen LogP contribution in [-0.4, -0.2) is 5.11 Å². The third kappa shape index (κ3) is 0.852. The summed E-state index contributed by atoms with van der Waals surface area (Å²) in [6.45, 7) is 0. The fourth-order valence-corrected chi connectivity index (χ4v) is 1.79. The van der Waals surface area contributed by atoms with Crippen LogP contribution in [0.25, 0.3) is 21.7 Å². The zero-order chi connectivity index (χ0) is 9.54. The van der Waals surface area contributed by atoms with Gasteiger partial charge in [0.05, 0.1) is 5.39 Å². The van der Waals surface area contributed by atoms with Gasteiger partial charge < -0.3 is 9.52 Å². The molecule has 0 bridgehead atoms. The molecular formula is C12H8O2. The van der Waals surface area contributed by atoms with E-state index in [1.165, 1.54) is 6.26 Å². The second kappa shape index (κ2) is 2.51. The first kappa shape index (κ1) is 7.44. The average molecular weight is 184 g/mol. The summed E-state index contributed by atoms with van der Waals surface area (Å²) in [4.78, 5) is 0. The second-order valence-corrected chi connectivity index (χ2v) is 3.28. The maximum atomic E-state index is 9.62.